The van der Waals surface area contributed by atoms with Gasteiger partial charge in [-0.15, -0.1) is 5.10 Å². The Morgan fingerprint density at radius 1 is 1.25 bits per heavy atom. The Balaban J connectivity index is 1.82. The van der Waals surface area contributed by atoms with Gasteiger partial charge in [0.1, 0.15) is 11.4 Å². The highest BCUT2D eigenvalue weighted by atomic mass is 32.2. The second-order valence-corrected chi connectivity index (χ2v) is 7.05. The molecule has 2 heterocycles. The number of aromatic nitrogens is 5. The van der Waals surface area contributed by atoms with E-state index in [0.717, 1.165) is 21.9 Å². The fraction of sp³-hybridized carbons (Fsp3) is 0.278. The van der Waals surface area contributed by atoms with Crippen molar-refractivity contribution in [3.8, 4) is 11.4 Å². The first-order valence-electron chi connectivity index (χ1n) is 8.67. The number of aromatic amines is 1. The summed E-state index contributed by atoms with van der Waals surface area (Å²) in [6.07, 6.45) is 0.643. The van der Waals surface area contributed by atoms with Gasteiger partial charge < -0.3 is 5.73 Å². The van der Waals surface area contributed by atoms with Crippen LogP contribution in [0, 0.1) is 0 Å². The molecule has 0 aliphatic carbocycles. The van der Waals surface area contributed by atoms with Crippen LogP contribution < -0.4 is 17.0 Å². The number of ketones is 1. The van der Waals surface area contributed by atoms with E-state index in [4.69, 9.17) is 5.73 Å². The lowest BCUT2D eigenvalue weighted by molar-refractivity contribution is 0.102. The second-order valence-electron chi connectivity index (χ2n) is 6.10. The number of H-pyrrole nitrogens is 1. The highest BCUT2D eigenvalue weighted by Crippen LogP contribution is 2.20. The highest BCUT2D eigenvalue weighted by molar-refractivity contribution is 7.99. The largest absolute Gasteiger partial charge is 0.384 e. The molecule has 2 aromatic heterocycles. The van der Waals surface area contributed by atoms with Gasteiger partial charge in [0.25, 0.3) is 5.56 Å². The number of hydrogen-bond acceptors (Lipinski definition) is 7. The molecule has 0 unspecified atom stereocenters. The van der Waals surface area contributed by atoms with E-state index in [1.807, 2.05) is 37.3 Å². The number of hydrogen-bond donors (Lipinski definition) is 2. The number of rotatable bonds is 7. The fourth-order valence-electron chi connectivity index (χ4n) is 2.72. The Hall–Kier alpha value is -3.14. The van der Waals surface area contributed by atoms with Gasteiger partial charge in [0.2, 0.25) is 5.16 Å². The molecule has 3 rings (SSSR count). The van der Waals surface area contributed by atoms with E-state index >= 15 is 0 Å². The second kappa shape index (κ2) is 8.26. The van der Waals surface area contributed by atoms with Gasteiger partial charge in [0.05, 0.1) is 5.75 Å². The van der Waals surface area contributed by atoms with Gasteiger partial charge in [-0.3, -0.25) is 23.8 Å². The lowest BCUT2D eigenvalue weighted by Crippen LogP contribution is -2.42. The van der Waals surface area contributed by atoms with Crippen LogP contribution in [0.4, 0.5) is 5.82 Å². The summed E-state index contributed by atoms with van der Waals surface area (Å²) >= 11 is 1.09. The van der Waals surface area contributed by atoms with Crippen LogP contribution in [0.25, 0.3) is 11.4 Å². The summed E-state index contributed by atoms with van der Waals surface area (Å²) in [5.41, 5.74) is 5.44. The van der Waals surface area contributed by atoms with E-state index < -0.39 is 17.0 Å². The van der Waals surface area contributed by atoms with Crippen molar-refractivity contribution in [3.63, 3.8) is 0 Å². The first-order chi connectivity index (χ1) is 13.4. The third-order valence-corrected chi connectivity index (χ3v) is 5.00. The number of Topliss-reactive ketones (excluding diaryl/α,β-unsaturated/α-hetero) is 1. The van der Waals surface area contributed by atoms with Crippen LogP contribution in [0.5, 0.6) is 0 Å². The molecule has 0 atom stereocenters. The van der Waals surface area contributed by atoms with Crippen molar-refractivity contribution >= 4 is 23.4 Å². The van der Waals surface area contributed by atoms with Crippen LogP contribution >= 0.6 is 11.8 Å². The van der Waals surface area contributed by atoms with E-state index in [2.05, 4.69) is 15.2 Å². The number of thioether (sulfide) groups is 1. The molecular weight excluding hydrogens is 380 g/mol. The molecule has 0 saturated carbocycles. The molecule has 146 valence electrons. The zero-order chi connectivity index (χ0) is 20.3. The summed E-state index contributed by atoms with van der Waals surface area (Å²) in [6, 6.07) is 9.45. The maximum Gasteiger partial charge on any atom is 0.332 e. The molecular formula is C18H20N6O3S. The molecule has 0 fully saturated rings. The van der Waals surface area contributed by atoms with E-state index in [-0.39, 0.29) is 17.1 Å². The lowest BCUT2D eigenvalue weighted by Gasteiger charge is -2.13. The molecule has 0 radical (unpaired) electrons. The lowest BCUT2D eigenvalue weighted by atomic mass is 10.2. The molecule has 3 N–H and O–H groups in total. The molecule has 1 aromatic carbocycles. The van der Waals surface area contributed by atoms with Crippen molar-refractivity contribution in [2.75, 3.05) is 11.5 Å². The topological polar surface area (TPSA) is 129 Å². The summed E-state index contributed by atoms with van der Waals surface area (Å²) in [5, 5.41) is 7.29. The van der Waals surface area contributed by atoms with E-state index in [1.54, 1.807) is 0 Å². The van der Waals surface area contributed by atoms with Crippen molar-refractivity contribution in [2.45, 2.75) is 25.0 Å². The van der Waals surface area contributed by atoms with Gasteiger partial charge >= 0.3 is 5.69 Å². The standard InChI is InChI=1S/C18H20N6O3S/c1-3-9-24-14(19)13(16(26)23(2)18(24)27)12(25)10-28-17-20-15(21-22-17)11-7-5-4-6-8-11/h4-8H,3,9-10,19H2,1-2H3,(H,20,21,22). The summed E-state index contributed by atoms with van der Waals surface area (Å²) < 4.78 is 2.16. The van der Waals surface area contributed by atoms with Crippen LogP contribution in [0.1, 0.15) is 23.7 Å². The molecule has 0 spiro atoms. The van der Waals surface area contributed by atoms with Crippen LogP contribution in [0.2, 0.25) is 0 Å². The number of anilines is 1. The van der Waals surface area contributed by atoms with Crippen molar-refractivity contribution < 1.29 is 4.79 Å². The van der Waals surface area contributed by atoms with Gasteiger partial charge in [-0.2, -0.15) is 0 Å². The monoisotopic (exact) mass is 400 g/mol. The predicted octanol–water partition coefficient (Wildman–Crippen LogP) is 1.30. The smallest absolute Gasteiger partial charge is 0.332 e. The van der Waals surface area contributed by atoms with Crippen LogP contribution in [-0.4, -0.2) is 35.9 Å². The molecule has 0 aliphatic rings. The first-order valence-corrected chi connectivity index (χ1v) is 9.65. The normalized spacial score (nSPS) is 10.9. The Bertz CT molecular complexity index is 1120. The van der Waals surface area contributed by atoms with Crippen molar-refractivity contribution in [1.29, 1.82) is 0 Å². The molecule has 0 saturated heterocycles. The zero-order valence-corrected chi connectivity index (χ0v) is 16.3. The minimum Gasteiger partial charge on any atom is -0.384 e. The Labute approximate surface area is 164 Å². The SMILES string of the molecule is CCCn1c(N)c(C(=O)CSc2n[nH]c(-c3ccccc3)n2)c(=O)n(C)c1=O. The predicted molar refractivity (Wildman–Crippen MR) is 108 cm³/mol. The van der Waals surface area contributed by atoms with Crippen molar-refractivity contribution in [3.05, 3.63) is 56.7 Å². The number of carbonyl (C=O) groups is 1. The summed E-state index contributed by atoms with van der Waals surface area (Å²) in [4.78, 5) is 41.6. The Kier molecular flexibility index (Phi) is 5.78. The van der Waals surface area contributed by atoms with Gasteiger partial charge in [-0.25, -0.2) is 9.78 Å². The molecule has 10 heteroatoms. The number of nitrogens with one attached hydrogen (secondary N) is 1. The number of nitrogen functional groups attached to an aromatic ring is 1. The number of nitrogens with two attached hydrogens (primary N) is 1. The molecule has 28 heavy (non-hydrogen) atoms. The van der Waals surface area contributed by atoms with Crippen LogP contribution in [-0.2, 0) is 13.6 Å². The average molecular weight is 400 g/mol. The Morgan fingerprint density at radius 3 is 2.64 bits per heavy atom. The van der Waals surface area contributed by atoms with Crippen LogP contribution in [0.15, 0.2) is 45.1 Å². The third kappa shape index (κ3) is 3.77. The van der Waals surface area contributed by atoms with E-state index in [1.165, 1.54) is 11.6 Å². The number of benzene rings is 1. The molecule has 0 aliphatic heterocycles. The quantitative estimate of drug-likeness (QED) is 0.452. The molecule has 0 amide bonds. The zero-order valence-electron chi connectivity index (χ0n) is 15.5. The summed E-state index contributed by atoms with van der Waals surface area (Å²) in [6.45, 7) is 2.20. The number of carbonyl (C=O) groups excluding carboxylic acids is 1. The van der Waals surface area contributed by atoms with E-state index in [0.29, 0.717) is 23.9 Å². The van der Waals surface area contributed by atoms with Crippen molar-refractivity contribution in [2.24, 2.45) is 7.05 Å². The third-order valence-electron chi connectivity index (χ3n) is 4.15. The van der Waals surface area contributed by atoms with Gasteiger partial charge in [0, 0.05) is 19.2 Å². The molecule has 0 bridgehead atoms. The molecule has 3 aromatic rings. The minimum absolute atomic E-state index is 0.0736. The average Bonchev–Trinajstić information content (AvgIpc) is 3.18. The summed E-state index contributed by atoms with van der Waals surface area (Å²) in [5.74, 6) is -0.0578. The Morgan fingerprint density at radius 2 is 1.96 bits per heavy atom. The summed E-state index contributed by atoms with van der Waals surface area (Å²) in [7, 11) is 1.33. The van der Waals surface area contributed by atoms with Crippen LogP contribution in [0.3, 0.4) is 0 Å². The first kappa shape index (κ1) is 19.6. The highest BCUT2D eigenvalue weighted by Gasteiger charge is 2.22. The van der Waals surface area contributed by atoms with Gasteiger partial charge in [-0.05, 0) is 6.42 Å². The maximum absolute atomic E-state index is 12.7. The maximum atomic E-state index is 12.7. The van der Waals surface area contributed by atoms with E-state index in [9.17, 15) is 14.4 Å². The van der Waals surface area contributed by atoms with Gasteiger partial charge in [0.15, 0.2) is 11.6 Å². The van der Waals surface area contributed by atoms with Crippen molar-refractivity contribution in [1.82, 2.24) is 24.3 Å². The number of nitrogens with zero attached hydrogens (tertiary/aromatic N) is 4. The van der Waals surface area contributed by atoms with Gasteiger partial charge in [-0.1, -0.05) is 49.0 Å². The fourth-order valence-corrected chi connectivity index (χ4v) is 3.39. The minimum atomic E-state index is -0.694. The molecule has 9 nitrogen and oxygen atoms in total.